The number of ether oxygens (including phenoxy) is 1. The average Bonchev–Trinajstić information content (AvgIpc) is 3.22. The third kappa shape index (κ3) is 4.18. The first-order chi connectivity index (χ1) is 13.7. The lowest BCUT2D eigenvalue weighted by atomic mass is 10.2. The SMILES string of the molecule is Cc1ccc(Oc2ccc(NC(=O)c3csc(-c4ncccn4)n3)cn2)cc1. The summed E-state index contributed by atoms with van der Waals surface area (Å²) in [6.45, 7) is 2.01. The van der Waals surface area contributed by atoms with Crippen LogP contribution >= 0.6 is 11.3 Å². The molecule has 3 aromatic heterocycles. The lowest BCUT2D eigenvalue weighted by Gasteiger charge is -2.06. The molecule has 1 aromatic carbocycles. The first-order valence-electron chi connectivity index (χ1n) is 8.42. The molecule has 28 heavy (non-hydrogen) atoms. The number of nitrogens with one attached hydrogen (secondary N) is 1. The molecule has 1 N–H and O–H groups in total. The highest BCUT2D eigenvalue weighted by molar-refractivity contribution is 7.13. The normalized spacial score (nSPS) is 10.5. The molecule has 8 heteroatoms. The molecule has 3 heterocycles. The minimum atomic E-state index is -0.326. The molecule has 0 radical (unpaired) electrons. The summed E-state index contributed by atoms with van der Waals surface area (Å²) in [5, 5.41) is 5.03. The van der Waals surface area contributed by atoms with Gasteiger partial charge >= 0.3 is 0 Å². The van der Waals surface area contributed by atoms with Crippen molar-refractivity contribution < 1.29 is 9.53 Å². The fraction of sp³-hybridized carbons (Fsp3) is 0.0500. The lowest BCUT2D eigenvalue weighted by molar-refractivity contribution is 0.102. The van der Waals surface area contributed by atoms with Crippen LogP contribution in [-0.2, 0) is 0 Å². The van der Waals surface area contributed by atoms with Crippen LogP contribution in [0.5, 0.6) is 11.6 Å². The van der Waals surface area contributed by atoms with E-state index in [2.05, 4.69) is 25.3 Å². The number of hydrogen-bond acceptors (Lipinski definition) is 7. The third-order valence-corrected chi connectivity index (χ3v) is 4.57. The van der Waals surface area contributed by atoms with Crippen molar-refractivity contribution in [3.8, 4) is 22.5 Å². The molecule has 138 valence electrons. The van der Waals surface area contributed by atoms with Crippen molar-refractivity contribution in [2.75, 3.05) is 5.32 Å². The Labute approximate surface area is 165 Å². The molecule has 4 rings (SSSR count). The molecule has 0 saturated carbocycles. The van der Waals surface area contributed by atoms with Crippen LogP contribution in [-0.4, -0.2) is 25.8 Å². The van der Waals surface area contributed by atoms with Gasteiger partial charge in [0.25, 0.3) is 5.91 Å². The summed E-state index contributed by atoms with van der Waals surface area (Å²) in [7, 11) is 0. The maximum atomic E-state index is 12.4. The van der Waals surface area contributed by atoms with Gasteiger partial charge < -0.3 is 10.1 Å². The number of thiazole rings is 1. The number of amides is 1. The summed E-state index contributed by atoms with van der Waals surface area (Å²) in [5.74, 6) is 1.31. The van der Waals surface area contributed by atoms with Crippen molar-refractivity contribution in [2.45, 2.75) is 6.92 Å². The molecule has 0 aliphatic rings. The topological polar surface area (TPSA) is 89.9 Å². The fourth-order valence-electron chi connectivity index (χ4n) is 2.33. The minimum Gasteiger partial charge on any atom is -0.439 e. The summed E-state index contributed by atoms with van der Waals surface area (Å²) in [5.41, 5.74) is 2.00. The highest BCUT2D eigenvalue weighted by atomic mass is 32.1. The van der Waals surface area contributed by atoms with Crippen LogP contribution in [0.2, 0.25) is 0 Å². The van der Waals surface area contributed by atoms with Crippen LogP contribution in [0.25, 0.3) is 10.8 Å². The van der Waals surface area contributed by atoms with E-state index in [-0.39, 0.29) is 5.91 Å². The third-order valence-electron chi connectivity index (χ3n) is 3.73. The first-order valence-corrected chi connectivity index (χ1v) is 9.30. The Bertz CT molecular complexity index is 1080. The lowest BCUT2D eigenvalue weighted by Crippen LogP contribution is -2.12. The maximum absolute atomic E-state index is 12.4. The molecule has 0 unspecified atom stereocenters. The van der Waals surface area contributed by atoms with Gasteiger partial charge in [0.05, 0.1) is 11.9 Å². The van der Waals surface area contributed by atoms with Crippen LogP contribution in [0.15, 0.2) is 66.4 Å². The molecule has 7 nitrogen and oxygen atoms in total. The number of nitrogens with zero attached hydrogens (tertiary/aromatic N) is 4. The van der Waals surface area contributed by atoms with Gasteiger partial charge in [0.15, 0.2) is 10.8 Å². The van der Waals surface area contributed by atoms with Crippen LogP contribution in [0.1, 0.15) is 16.1 Å². The smallest absolute Gasteiger partial charge is 0.275 e. The monoisotopic (exact) mass is 389 g/mol. The van der Waals surface area contributed by atoms with Crippen LogP contribution in [0.3, 0.4) is 0 Å². The van der Waals surface area contributed by atoms with E-state index in [1.807, 2.05) is 31.2 Å². The minimum absolute atomic E-state index is 0.299. The van der Waals surface area contributed by atoms with E-state index in [4.69, 9.17) is 4.74 Å². The summed E-state index contributed by atoms with van der Waals surface area (Å²) >= 11 is 1.31. The Morgan fingerprint density at radius 1 is 1.04 bits per heavy atom. The van der Waals surface area contributed by atoms with E-state index in [0.717, 1.165) is 5.56 Å². The van der Waals surface area contributed by atoms with Gasteiger partial charge in [0.1, 0.15) is 11.4 Å². The predicted molar refractivity (Wildman–Crippen MR) is 107 cm³/mol. The van der Waals surface area contributed by atoms with Gasteiger partial charge in [-0.25, -0.2) is 19.9 Å². The van der Waals surface area contributed by atoms with E-state index < -0.39 is 0 Å². The molecular weight excluding hydrogens is 374 g/mol. The Balaban J connectivity index is 1.41. The Morgan fingerprint density at radius 3 is 2.54 bits per heavy atom. The number of anilines is 1. The van der Waals surface area contributed by atoms with E-state index in [9.17, 15) is 4.79 Å². The van der Waals surface area contributed by atoms with E-state index in [0.29, 0.717) is 33.8 Å². The van der Waals surface area contributed by atoms with Gasteiger partial charge in [-0.05, 0) is 31.2 Å². The maximum Gasteiger partial charge on any atom is 0.275 e. The second-order valence-corrected chi connectivity index (χ2v) is 6.72. The quantitative estimate of drug-likeness (QED) is 0.546. The highest BCUT2D eigenvalue weighted by Gasteiger charge is 2.13. The van der Waals surface area contributed by atoms with E-state index >= 15 is 0 Å². The Hall–Kier alpha value is -3.65. The van der Waals surface area contributed by atoms with Gasteiger partial charge in [0.2, 0.25) is 5.88 Å². The summed E-state index contributed by atoms with van der Waals surface area (Å²) in [6, 6.07) is 12.8. The second-order valence-electron chi connectivity index (χ2n) is 5.86. The molecule has 0 atom stereocenters. The zero-order chi connectivity index (χ0) is 19.3. The van der Waals surface area contributed by atoms with Gasteiger partial charge in [-0.15, -0.1) is 11.3 Å². The number of hydrogen-bond donors (Lipinski definition) is 1. The fourth-order valence-corrected chi connectivity index (χ4v) is 3.07. The number of aryl methyl sites for hydroxylation is 1. The Morgan fingerprint density at radius 2 is 1.82 bits per heavy atom. The van der Waals surface area contributed by atoms with Crippen LogP contribution in [0.4, 0.5) is 5.69 Å². The number of carbonyl (C=O) groups excluding carboxylic acids is 1. The first kappa shape index (κ1) is 17.7. The van der Waals surface area contributed by atoms with Crippen molar-refractivity contribution in [3.05, 3.63) is 77.7 Å². The number of benzene rings is 1. The van der Waals surface area contributed by atoms with Crippen molar-refractivity contribution in [1.29, 1.82) is 0 Å². The molecule has 1 amide bonds. The van der Waals surface area contributed by atoms with Crippen LogP contribution < -0.4 is 10.1 Å². The summed E-state index contributed by atoms with van der Waals surface area (Å²) in [4.78, 5) is 29.2. The summed E-state index contributed by atoms with van der Waals surface area (Å²) < 4.78 is 5.68. The van der Waals surface area contributed by atoms with Crippen molar-refractivity contribution in [3.63, 3.8) is 0 Å². The molecule has 0 spiro atoms. The van der Waals surface area contributed by atoms with Gasteiger partial charge in [0, 0.05) is 23.8 Å². The average molecular weight is 389 g/mol. The molecule has 0 aliphatic carbocycles. The molecule has 0 aliphatic heterocycles. The zero-order valence-corrected chi connectivity index (χ0v) is 15.7. The Kier molecular flexibility index (Phi) is 5.03. The summed E-state index contributed by atoms with van der Waals surface area (Å²) in [6.07, 6.45) is 4.81. The molecule has 4 aromatic rings. The zero-order valence-electron chi connectivity index (χ0n) is 14.9. The van der Waals surface area contributed by atoms with Crippen molar-refractivity contribution >= 4 is 22.9 Å². The molecule has 0 saturated heterocycles. The largest absolute Gasteiger partial charge is 0.439 e. The van der Waals surface area contributed by atoms with E-state index in [1.54, 1.807) is 36.0 Å². The molecule has 0 fully saturated rings. The number of rotatable bonds is 5. The second kappa shape index (κ2) is 7.93. The van der Waals surface area contributed by atoms with Gasteiger partial charge in [-0.1, -0.05) is 17.7 Å². The van der Waals surface area contributed by atoms with Gasteiger partial charge in [-0.3, -0.25) is 4.79 Å². The van der Waals surface area contributed by atoms with Crippen molar-refractivity contribution in [1.82, 2.24) is 19.9 Å². The van der Waals surface area contributed by atoms with Crippen molar-refractivity contribution in [2.24, 2.45) is 0 Å². The molecular formula is C20H15N5O2S. The molecule has 0 bridgehead atoms. The number of pyridine rings is 1. The van der Waals surface area contributed by atoms with E-state index in [1.165, 1.54) is 17.5 Å². The van der Waals surface area contributed by atoms with Crippen LogP contribution in [0, 0.1) is 6.92 Å². The highest BCUT2D eigenvalue weighted by Crippen LogP contribution is 2.22. The standard InChI is InChI=1S/C20H15N5O2S/c1-13-3-6-15(7-4-13)27-17-8-5-14(11-23-17)24-19(26)16-12-28-20(25-16)18-21-9-2-10-22-18/h2-12H,1H3,(H,24,26). The predicted octanol–water partition coefficient (Wildman–Crippen LogP) is 4.35. The number of aromatic nitrogens is 4. The van der Waals surface area contributed by atoms with Gasteiger partial charge in [-0.2, -0.15) is 0 Å². The number of carbonyl (C=O) groups is 1.